The number of Topliss-reactive ketones (excluding diaryl/α,β-unsaturated/α-hetero) is 1. The van der Waals surface area contributed by atoms with Crippen LogP contribution in [-0.2, 0) is 18.1 Å². The van der Waals surface area contributed by atoms with Gasteiger partial charge in [-0.25, -0.2) is 8.78 Å². The minimum Gasteiger partial charge on any atom is -0.456 e. The molecule has 188 valence electrons. The number of pyridine rings is 1. The molecule has 0 aliphatic carbocycles. The Kier molecular flexibility index (Phi) is 6.69. The quantitative estimate of drug-likeness (QED) is 0.278. The van der Waals surface area contributed by atoms with Crippen molar-refractivity contribution in [1.29, 1.82) is 5.26 Å². The Morgan fingerprint density at radius 2 is 1.81 bits per heavy atom. The number of nitrogens with zero attached hydrogens (tertiary/aromatic N) is 6. The minimum atomic E-state index is -4.49. The third kappa shape index (κ3) is 4.87. The van der Waals surface area contributed by atoms with Crippen molar-refractivity contribution in [3.63, 3.8) is 0 Å². The lowest BCUT2D eigenvalue weighted by molar-refractivity contribution is -0.250. The molecule has 1 atom stereocenters. The van der Waals surface area contributed by atoms with Gasteiger partial charge in [0, 0.05) is 30.7 Å². The molecule has 1 unspecified atom stereocenters. The van der Waals surface area contributed by atoms with Crippen molar-refractivity contribution in [2.24, 2.45) is 0 Å². The number of hydrogen-bond donors (Lipinski definition) is 1. The molecule has 0 spiro atoms. The molecule has 0 amide bonds. The lowest BCUT2D eigenvalue weighted by Gasteiger charge is -2.36. The van der Waals surface area contributed by atoms with Crippen molar-refractivity contribution in [3.8, 4) is 17.6 Å². The molecule has 37 heavy (non-hydrogen) atoms. The zero-order valence-electron chi connectivity index (χ0n) is 18.9. The van der Waals surface area contributed by atoms with E-state index in [2.05, 4.69) is 20.5 Å². The highest BCUT2D eigenvalue weighted by molar-refractivity contribution is 5.90. The van der Waals surface area contributed by atoms with Crippen LogP contribution in [0.3, 0.4) is 0 Å². The number of carbonyl (C=O) groups excluding carboxylic acids is 1. The maximum Gasteiger partial charge on any atom is 0.379 e. The lowest BCUT2D eigenvalue weighted by atomic mass is 9.85. The van der Waals surface area contributed by atoms with Gasteiger partial charge < -0.3 is 9.84 Å². The van der Waals surface area contributed by atoms with E-state index in [4.69, 9.17) is 10.00 Å². The topological polar surface area (TPSA) is 127 Å². The second-order valence-corrected chi connectivity index (χ2v) is 7.90. The standard InChI is InChI=1S/C24H16F4N6O3/c1-14(35)22-31-32-33-34(22)24(27,28)23(36,20-9-4-16(25)10-21(20)26)11-17-5-8-19(13-30-17)37-18-6-2-15(12-29)3-7-18/h2-10,13,36H,11H2,1H3. The zero-order chi connectivity index (χ0) is 26.8. The van der Waals surface area contributed by atoms with Crippen molar-refractivity contribution >= 4 is 5.78 Å². The first kappa shape index (κ1) is 25.4. The molecule has 0 saturated carbocycles. The van der Waals surface area contributed by atoms with Crippen LogP contribution < -0.4 is 4.74 Å². The van der Waals surface area contributed by atoms with Crippen LogP contribution in [0.25, 0.3) is 0 Å². The second kappa shape index (κ2) is 9.75. The number of aromatic nitrogens is 5. The molecule has 2 aromatic heterocycles. The molecular weight excluding hydrogens is 496 g/mol. The maximum atomic E-state index is 15.8. The normalized spacial score (nSPS) is 13.0. The Morgan fingerprint density at radius 3 is 2.41 bits per heavy atom. The summed E-state index contributed by atoms with van der Waals surface area (Å²) < 4.78 is 65.3. The number of carbonyl (C=O) groups is 1. The summed E-state index contributed by atoms with van der Waals surface area (Å²) in [4.78, 5) is 15.8. The Morgan fingerprint density at radius 1 is 1.11 bits per heavy atom. The summed E-state index contributed by atoms with van der Waals surface area (Å²) in [7, 11) is 0. The van der Waals surface area contributed by atoms with Gasteiger partial charge in [0.2, 0.25) is 5.82 Å². The number of halogens is 4. The molecule has 0 fully saturated rings. The second-order valence-electron chi connectivity index (χ2n) is 7.90. The summed E-state index contributed by atoms with van der Waals surface area (Å²) in [5.74, 6) is -3.75. The molecule has 4 aromatic rings. The van der Waals surface area contributed by atoms with E-state index in [9.17, 15) is 18.7 Å². The van der Waals surface area contributed by atoms with E-state index in [0.717, 1.165) is 6.92 Å². The monoisotopic (exact) mass is 512 g/mol. The number of hydrogen-bond acceptors (Lipinski definition) is 8. The lowest BCUT2D eigenvalue weighted by Crippen LogP contribution is -2.51. The van der Waals surface area contributed by atoms with Gasteiger partial charge in [-0.3, -0.25) is 9.78 Å². The van der Waals surface area contributed by atoms with Gasteiger partial charge in [0.25, 0.3) is 0 Å². The minimum absolute atomic E-state index is 0.129. The summed E-state index contributed by atoms with van der Waals surface area (Å²) in [6, 6.07) is 7.96. The molecule has 13 heteroatoms. The summed E-state index contributed by atoms with van der Waals surface area (Å²) >= 11 is 0. The summed E-state index contributed by atoms with van der Waals surface area (Å²) in [6.07, 6.45) is 0.196. The van der Waals surface area contributed by atoms with E-state index < -0.39 is 46.9 Å². The van der Waals surface area contributed by atoms with E-state index >= 15 is 8.78 Å². The molecule has 4 rings (SSSR count). The summed E-state index contributed by atoms with van der Waals surface area (Å²) in [6.45, 7) is 0.934. The molecule has 0 saturated heterocycles. The van der Waals surface area contributed by atoms with Crippen LogP contribution in [-0.4, -0.2) is 36.1 Å². The molecule has 0 aliphatic heterocycles. The van der Waals surface area contributed by atoms with E-state index in [1.807, 2.05) is 6.07 Å². The van der Waals surface area contributed by atoms with Crippen molar-refractivity contribution in [1.82, 2.24) is 25.2 Å². The Bertz CT molecular complexity index is 1490. The smallest absolute Gasteiger partial charge is 0.379 e. The van der Waals surface area contributed by atoms with Crippen LogP contribution >= 0.6 is 0 Å². The van der Waals surface area contributed by atoms with Crippen molar-refractivity contribution in [2.45, 2.75) is 25.0 Å². The molecule has 9 nitrogen and oxygen atoms in total. The molecule has 0 radical (unpaired) electrons. The highest BCUT2D eigenvalue weighted by Gasteiger charge is 2.59. The maximum absolute atomic E-state index is 15.8. The fourth-order valence-corrected chi connectivity index (χ4v) is 3.53. The number of nitriles is 1. The van der Waals surface area contributed by atoms with Gasteiger partial charge in [-0.05, 0) is 59.0 Å². The SMILES string of the molecule is CC(=O)c1nnnn1C(F)(F)C(O)(Cc1ccc(Oc2ccc(C#N)cc2)cn1)c1ccc(F)cc1F. The number of alkyl halides is 2. The van der Waals surface area contributed by atoms with E-state index in [1.54, 1.807) is 12.1 Å². The molecule has 0 aliphatic rings. The summed E-state index contributed by atoms with van der Waals surface area (Å²) in [5.41, 5.74) is -4.09. The van der Waals surface area contributed by atoms with Crippen molar-refractivity contribution in [3.05, 3.63) is 95.1 Å². The first-order chi connectivity index (χ1) is 17.5. The van der Waals surface area contributed by atoms with E-state index in [-0.39, 0.29) is 16.1 Å². The number of benzene rings is 2. The molecule has 1 N–H and O–H groups in total. The van der Waals surface area contributed by atoms with Crippen LogP contribution in [0.1, 0.15) is 34.4 Å². The van der Waals surface area contributed by atoms with Gasteiger partial charge in [0.15, 0.2) is 11.4 Å². The highest BCUT2D eigenvalue weighted by atomic mass is 19.3. The predicted molar refractivity (Wildman–Crippen MR) is 117 cm³/mol. The largest absolute Gasteiger partial charge is 0.456 e. The Labute approximate surface area is 206 Å². The van der Waals surface area contributed by atoms with Crippen LogP contribution in [0.2, 0.25) is 0 Å². The molecule has 2 aromatic carbocycles. The van der Waals surface area contributed by atoms with Crippen LogP contribution in [0, 0.1) is 23.0 Å². The van der Waals surface area contributed by atoms with E-state index in [0.29, 0.717) is 29.5 Å². The van der Waals surface area contributed by atoms with E-state index in [1.165, 1.54) is 30.5 Å². The number of aliphatic hydroxyl groups is 1. The van der Waals surface area contributed by atoms with Crippen LogP contribution in [0.4, 0.5) is 17.6 Å². The number of ketones is 1. The number of ether oxygens (including phenoxy) is 1. The van der Waals surface area contributed by atoms with Gasteiger partial charge >= 0.3 is 6.05 Å². The zero-order valence-corrected chi connectivity index (χ0v) is 18.9. The first-order valence-electron chi connectivity index (χ1n) is 10.5. The Hall–Kier alpha value is -4.70. The third-order valence-electron chi connectivity index (χ3n) is 5.38. The fourth-order valence-electron chi connectivity index (χ4n) is 3.53. The van der Waals surface area contributed by atoms with Gasteiger partial charge in [-0.1, -0.05) is 0 Å². The highest BCUT2D eigenvalue weighted by Crippen LogP contribution is 2.45. The predicted octanol–water partition coefficient (Wildman–Crippen LogP) is 3.89. The number of tetrazole rings is 1. The van der Waals surface area contributed by atoms with Crippen molar-refractivity contribution in [2.75, 3.05) is 0 Å². The first-order valence-corrected chi connectivity index (χ1v) is 10.5. The van der Waals surface area contributed by atoms with Gasteiger partial charge in [-0.15, -0.1) is 5.10 Å². The Balaban J connectivity index is 1.71. The average molecular weight is 512 g/mol. The van der Waals surface area contributed by atoms with Gasteiger partial charge in [-0.2, -0.15) is 18.7 Å². The average Bonchev–Trinajstić information content (AvgIpc) is 3.37. The van der Waals surface area contributed by atoms with Crippen LogP contribution in [0.15, 0.2) is 60.8 Å². The van der Waals surface area contributed by atoms with Crippen molar-refractivity contribution < 1.29 is 32.2 Å². The third-order valence-corrected chi connectivity index (χ3v) is 5.38. The molecule has 0 bridgehead atoms. The summed E-state index contributed by atoms with van der Waals surface area (Å²) in [5, 5.41) is 29.7. The molecule has 2 heterocycles. The van der Waals surface area contributed by atoms with Gasteiger partial charge in [0.1, 0.15) is 23.1 Å². The van der Waals surface area contributed by atoms with Gasteiger partial charge in [0.05, 0.1) is 17.8 Å². The fraction of sp³-hybridized carbons (Fsp3) is 0.167. The number of rotatable bonds is 8. The van der Waals surface area contributed by atoms with Crippen LogP contribution in [0.5, 0.6) is 11.5 Å². The molecular formula is C24H16F4N6O3.